The Morgan fingerprint density at radius 3 is 2.21 bits per heavy atom. The molecule has 2 rings (SSSR count). The Morgan fingerprint density at radius 1 is 1.08 bits per heavy atom. The summed E-state index contributed by atoms with van der Waals surface area (Å²) in [7, 11) is -4.35. The molecule has 5 nitrogen and oxygen atoms in total. The third kappa shape index (κ3) is 4.15. The van der Waals surface area contributed by atoms with Gasteiger partial charge in [-0.25, -0.2) is 26.7 Å². The van der Waals surface area contributed by atoms with Crippen LogP contribution in [0, 0.1) is 11.6 Å². The molecule has 0 bridgehead atoms. The van der Waals surface area contributed by atoms with Gasteiger partial charge in [0.05, 0.1) is 12.2 Å². The van der Waals surface area contributed by atoms with Crippen molar-refractivity contribution < 1.29 is 26.7 Å². The number of ether oxygens (including phenoxy) is 1. The van der Waals surface area contributed by atoms with E-state index in [-0.39, 0.29) is 13.2 Å². The summed E-state index contributed by atoms with van der Waals surface area (Å²) < 4.78 is 58.2. The molecule has 0 aromatic heterocycles. The van der Waals surface area contributed by atoms with Gasteiger partial charge in [-0.3, -0.25) is 0 Å². The highest BCUT2D eigenvalue weighted by Crippen LogP contribution is 2.18. The Morgan fingerprint density at radius 2 is 1.67 bits per heavy atom. The summed E-state index contributed by atoms with van der Waals surface area (Å²) in [5, 5.41) is 0. The van der Waals surface area contributed by atoms with Crippen LogP contribution in [0.5, 0.6) is 0 Å². The SMILES string of the molecule is CCOC(=O)c1ccc(CNS(=O)(=O)c2c(F)cccc2F)cc1. The van der Waals surface area contributed by atoms with E-state index in [9.17, 15) is 22.0 Å². The molecule has 24 heavy (non-hydrogen) atoms. The van der Waals surface area contributed by atoms with Gasteiger partial charge in [0.15, 0.2) is 4.90 Å². The van der Waals surface area contributed by atoms with E-state index in [0.29, 0.717) is 11.1 Å². The Bertz CT molecular complexity index is 815. The van der Waals surface area contributed by atoms with Crippen LogP contribution in [0.15, 0.2) is 47.4 Å². The monoisotopic (exact) mass is 355 g/mol. The third-order valence-corrected chi connectivity index (χ3v) is 4.57. The molecule has 2 aromatic carbocycles. The van der Waals surface area contributed by atoms with E-state index in [1.165, 1.54) is 24.3 Å². The lowest BCUT2D eigenvalue weighted by Crippen LogP contribution is -2.25. The van der Waals surface area contributed by atoms with E-state index >= 15 is 0 Å². The number of carbonyl (C=O) groups excluding carboxylic acids is 1. The van der Waals surface area contributed by atoms with Crippen molar-refractivity contribution in [2.45, 2.75) is 18.4 Å². The molecular weight excluding hydrogens is 340 g/mol. The van der Waals surface area contributed by atoms with Crippen molar-refractivity contribution in [1.82, 2.24) is 4.72 Å². The lowest BCUT2D eigenvalue weighted by molar-refractivity contribution is 0.0526. The molecular formula is C16H15F2NO4S. The summed E-state index contributed by atoms with van der Waals surface area (Å²) in [5.41, 5.74) is 0.840. The molecule has 0 fully saturated rings. The van der Waals surface area contributed by atoms with Gasteiger partial charge in [0.2, 0.25) is 10.0 Å². The van der Waals surface area contributed by atoms with Crippen LogP contribution in [-0.2, 0) is 21.3 Å². The highest BCUT2D eigenvalue weighted by molar-refractivity contribution is 7.89. The molecule has 8 heteroatoms. The second-order valence-electron chi connectivity index (χ2n) is 4.79. The first-order valence-corrected chi connectivity index (χ1v) is 8.53. The number of benzene rings is 2. The zero-order chi connectivity index (χ0) is 17.7. The second kappa shape index (κ2) is 7.50. The largest absolute Gasteiger partial charge is 0.462 e. The summed E-state index contributed by atoms with van der Waals surface area (Å²) in [6.07, 6.45) is 0. The third-order valence-electron chi connectivity index (χ3n) is 3.12. The van der Waals surface area contributed by atoms with Crippen LogP contribution in [-0.4, -0.2) is 21.0 Å². The zero-order valence-corrected chi connectivity index (χ0v) is 13.6. The van der Waals surface area contributed by atoms with Crippen molar-refractivity contribution in [1.29, 1.82) is 0 Å². The number of hydrogen-bond donors (Lipinski definition) is 1. The van der Waals surface area contributed by atoms with Gasteiger partial charge in [0.25, 0.3) is 0 Å². The van der Waals surface area contributed by atoms with E-state index in [1.54, 1.807) is 6.92 Å². The molecule has 0 saturated heterocycles. The molecule has 0 atom stereocenters. The van der Waals surface area contributed by atoms with Crippen LogP contribution in [0.3, 0.4) is 0 Å². The standard InChI is InChI=1S/C16H15F2NO4S/c1-2-23-16(20)12-8-6-11(7-9-12)10-19-24(21,22)15-13(17)4-3-5-14(15)18/h3-9,19H,2,10H2,1H3. The number of esters is 1. The lowest BCUT2D eigenvalue weighted by atomic mass is 10.1. The number of halogens is 2. The Labute approximate surface area is 138 Å². The lowest BCUT2D eigenvalue weighted by Gasteiger charge is -2.09. The zero-order valence-electron chi connectivity index (χ0n) is 12.8. The fourth-order valence-corrected chi connectivity index (χ4v) is 3.11. The van der Waals surface area contributed by atoms with Crippen molar-refractivity contribution in [2.75, 3.05) is 6.61 Å². The predicted molar refractivity (Wildman–Crippen MR) is 82.8 cm³/mol. The predicted octanol–water partition coefficient (Wildman–Crippen LogP) is 2.62. The van der Waals surface area contributed by atoms with E-state index in [4.69, 9.17) is 4.74 Å². The second-order valence-corrected chi connectivity index (χ2v) is 6.50. The molecule has 0 amide bonds. The molecule has 128 valence electrons. The molecule has 0 aliphatic heterocycles. The Kier molecular flexibility index (Phi) is 5.63. The minimum atomic E-state index is -4.35. The smallest absolute Gasteiger partial charge is 0.338 e. The van der Waals surface area contributed by atoms with Crippen molar-refractivity contribution in [3.8, 4) is 0 Å². The summed E-state index contributed by atoms with van der Waals surface area (Å²) >= 11 is 0. The fraction of sp³-hybridized carbons (Fsp3) is 0.188. The molecule has 0 unspecified atom stereocenters. The van der Waals surface area contributed by atoms with Crippen LogP contribution < -0.4 is 4.72 Å². The van der Waals surface area contributed by atoms with E-state index < -0.39 is 32.5 Å². The summed E-state index contributed by atoms with van der Waals surface area (Å²) in [5.74, 6) is -2.82. The highest BCUT2D eigenvalue weighted by atomic mass is 32.2. The van der Waals surface area contributed by atoms with Gasteiger partial charge < -0.3 is 4.74 Å². The molecule has 1 N–H and O–H groups in total. The molecule has 0 spiro atoms. The molecule has 2 aromatic rings. The number of sulfonamides is 1. The highest BCUT2D eigenvalue weighted by Gasteiger charge is 2.23. The van der Waals surface area contributed by atoms with Gasteiger partial charge in [0, 0.05) is 6.54 Å². The van der Waals surface area contributed by atoms with E-state index in [1.807, 2.05) is 0 Å². The van der Waals surface area contributed by atoms with Crippen molar-refractivity contribution in [3.05, 3.63) is 65.2 Å². The molecule has 0 aliphatic rings. The topological polar surface area (TPSA) is 72.5 Å². The maximum absolute atomic E-state index is 13.6. The van der Waals surface area contributed by atoms with Gasteiger partial charge in [-0.05, 0) is 36.8 Å². The molecule has 0 saturated carbocycles. The summed E-state index contributed by atoms with van der Waals surface area (Å²) in [4.78, 5) is 10.5. The van der Waals surface area contributed by atoms with E-state index in [0.717, 1.165) is 18.2 Å². The maximum Gasteiger partial charge on any atom is 0.338 e. The average Bonchev–Trinajstić information content (AvgIpc) is 2.53. The van der Waals surface area contributed by atoms with Crippen LogP contribution in [0.1, 0.15) is 22.8 Å². The van der Waals surface area contributed by atoms with Crippen LogP contribution in [0.2, 0.25) is 0 Å². The Hall–Kier alpha value is -2.32. The first-order chi connectivity index (χ1) is 11.3. The number of nitrogens with one attached hydrogen (secondary N) is 1. The van der Waals surface area contributed by atoms with Gasteiger partial charge in [0.1, 0.15) is 11.6 Å². The molecule has 0 radical (unpaired) electrons. The first kappa shape index (κ1) is 18.0. The van der Waals surface area contributed by atoms with Crippen molar-refractivity contribution >= 4 is 16.0 Å². The average molecular weight is 355 g/mol. The number of hydrogen-bond acceptors (Lipinski definition) is 4. The van der Waals surface area contributed by atoms with Crippen LogP contribution in [0.4, 0.5) is 8.78 Å². The number of rotatable bonds is 6. The normalized spacial score (nSPS) is 11.3. The molecule has 0 heterocycles. The van der Waals surface area contributed by atoms with Crippen molar-refractivity contribution in [3.63, 3.8) is 0 Å². The van der Waals surface area contributed by atoms with E-state index in [2.05, 4.69) is 4.72 Å². The Balaban J connectivity index is 2.11. The van der Waals surface area contributed by atoms with Gasteiger partial charge >= 0.3 is 5.97 Å². The minimum Gasteiger partial charge on any atom is -0.462 e. The van der Waals surface area contributed by atoms with Gasteiger partial charge in [-0.2, -0.15) is 0 Å². The van der Waals surface area contributed by atoms with Crippen LogP contribution >= 0.6 is 0 Å². The summed E-state index contributed by atoms with van der Waals surface area (Å²) in [6, 6.07) is 8.81. The van der Waals surface area contributed by atoms with Gasteiger partial charge in [-0.1, -0.05) is 18.2 Å². The quantitative estimate of drug-likeness (QED) is 0.809. The maximum atomic E-state index is 13.6. The van der Waals surface area contributed by atoms with Gasteiger partial charge in [-0.15, -0.1) is 0 Å². The number of carbonyl (C=O) groups is 1. The fourth-order valence-electron chi connectivity index (χ4n) is 1.96. The summed E-state index contributed by atoms with van der Waals surface area (Å²) in [6.45, 7) is 1.75. The molecule has 0 aliphatic carbocycles. The van der Waals surface area contributed by atoms with Crippen LogP contribution in [0.25, 0.3) is 0 Å². The van der Waals surface area contributed by atoms with Crippen molar-refractivity contribution in [2.24, 2.45) is 0 Å². The minimum absolute atomic E-state index is 0.181. The first-order valence-electron chi connectivity index (χ1n) is 7.05.